The van der Waals surface area contributed by atoms with Gasteiger partial charge in [0.25, 0.3) is 0 Å². The number of hydrogen-bond donors (Lipinski definition) is 2. The van der Waals surface area contributed by atoms with Crippen LogP contribution in [0, 0.1) is 0 Å². The van der Waals surface area contributed by atoms with Crippen molar-refractivity contribution in [2.45, 2.75) is 37.8 Å². The first-order valence-corrected chi connectivity index (χ1v) is 6.68. The van der Waals surface area contributed by atoms with Gasteiger partial charge >= 0.3 is 0 Å². The monoisotopic (exact) mass is 231 g/mol. The molecule has 2 aliphatic rings. The second kappa shape index (κ2) is 4.57. The predicted molar refractivity (Wildman–Crippen MR) is 72.5 cm³/mol. The molecule has 1 aromatic carbocycles. The van der Waals surface area contributed by atoms with Crippen LogP contribution >= 0.6 is 0 Å². The highest BCUT2D eigenvalue weighted by Gasteiger charge is 2.25. The molecule has 0 amide bonds. The molecule has 0 aromatic heterocycles. The first-order chi connectivity index (χ1) is 8.31. The maximum Gasteiger partial charge on any atom is 0.0367 e. The van der Waals surface area contributed by atoms with Crippen molar-refractivity contribution in [3.05, 3.63) is 24.3 Å². The van der Waals surface area contributed by atoms with Gasteiger partial charge in [0.2, 0.25) is 0 Å². The van der Waals surface area contributed by atoms with Crippen molar-refractivity contribution in [1.82, 2.24) is 0 Å². The molecule has 3 N–H and O–H groups in total. The molecule has 3 rings (SSSR count). The minimum atomic E-state index is 0.413. The molecule has 1 aromatic rings. The van der Waals surface area contributed by atoms with Crippen LogP contribution in [-0.4, -0.2) is 25.2 Å². The smallest absolute Gasteiger partial charge is 0.0367 e. The Labute approximate surface area is 103 Å². The highest BCUT2D eigenvalue weighted by Crippen LogP contribution is 2.25. The Hall–Kier alpha value is -1.22. The quantitative estimate of drug-likeness (QED) is 0.838. The lowest BCUT2D eigenvalue weighted by Gasteiger charge is -2.33. The van der Waals surface area contributed by atoms with Crippen molar-refractivity contribution in [1.29, 1.82) is 0 Å². The first kappa shape index (κ1) is 10.9. The number of rotatable bonds is 3. The molecule has 0 spiro atoms. The lowest BCUT2D eigenvalue weighted by atomic mass is 9.87. The third-order valence-corrected chi connectivity index (χ3v) is 3.88. The van der Waals surface area contributed by atoms with Crippen LogP contribution in [0.4, 0.5) is 11.4 Å². The first-order valence-electron chi connectivity index (χ1n) is 6.68. The molecule has 0 bridgehead atoms. The van der Waals surface area contributed by atoms with E-state index in [1.54, 1.807) is 0 Å². The van der Waals surface area contributed by atoms with E-state index >= 15 is 0 Å². The van der Waals surface area contributed by atoms with Gasteiger partial charge in [0, 0.05) is 36.5 Å². The highest BCUT2D eigenvalue weighted by atomic mass is 15.1. The van der Waals surface area contributed by atoms with Crippen LogP contribution in [0.3, 0.4) is 0 Å². The largest absolute Gasteiger partial charge is 0.382 e. The van der Waals surface area contributed by atoms with Crippen molar-refractivity contribution >= 4 is 11.4 Å². The van der Waals surface area contributed by atoms with Gasteiger partial charge in [-0.25, -0.2) is 0 Å². The summed E-state index contributed by atoms with van der Waals surface area (Å²) in [5.74, 6) is 0. The Balaban J connectivity index is 1.59. The number of nitrogens with two attached hydrogens (primary N) is 1. The Morgan fingerprint density at radius 2 is 1.71 bits per heavy atom. The molecule has 1 heterocycles. The number of nitrogens with one attached hydrogen (secondary N) is 1. The lowest BCUT2D eigenvalue weighted by molar-refractivity contribution is 0.373. The van der Waals surface area contributed by atoms with Gasteiger partial charge in [-0.2, -0.15) is 0 Å². The topological polar surface area (TPSA) is 41.3 Å². The van der Waals surface area contributed by atoms with E-state index in [1.807, 2.05) is 0 Å². The normalized spacial score (nSPS) is 27.9. The van der Waals surface area contributed by atoms with Crippen LogP contribution in [0.15, 0.2) is 24.3 Å². The molecule has 0 atom stereocenters. The maximum absolute atomic E-state index is 5.78. The van der Waals surface area contributed by atoms with Crippen LogP contribution in [0.1, 0.15) is 25.7 Å². The van der Waals surface area contributed by atoms with Gasteiger partial charge in [-0.05, 0) is 49.9 Å². The lowest BCUT2D eigenvalue weighted by Crippen LogP contribution is -2.44. The van der Waals surface area contributed by atoms with Crippen LogP contribution in [0.5, 0.6) is 0 Å². The summed E-state index contributed by atoms with van der Waals surface area (Å²) >= 11 is 0. The van der Waals surface area contributed by atoms with E-state index < -0.39 is 0 Å². The standard InChI is InChI=1S/C14H21N3/c15-11-9-13(10-11)16-12-3-5-14(6-4-12)17-7-1-2-8-17/h3-6,11,13,16H,1-2,7-10,15H2. The molecule has 3 nitrogen and oxygen atoms in total. The molecule has 17 heavy (non-hydrogen) atoms. The molecule has 1 saturated heterocycles. The summed E-state index contributed by atoms with van der Waals surface area (Å²) in [7, 11) is 0. The van der Waals surface area contributed by atoms with Gasteiger partial charge in [0.1, 0.15) is 0 Å². The number of anilines is 2. The zero-order valence-corrected chi connectivity index (χ0v) is 10.2. The minimum absolute atomic E-state index is 0.413. The molecule has 2 fully saturated rings. The Kier molecular flexibility index (Phi) is 2.93. The maximum atomic E-state index is 5.78. The van der Waals surface area contributed by atoms with Crippen LogP contribution in [-0.2, 0) is 0 Å². The van der Waals surface area contributed by atoms with Crippen molar-refractivity contribution < 1.29 is 0 Å². The molecule has 1 aliphatic heterocycles. The molecule has 0 radical (unpaired) electrons. The zero-order valence-electron chi connectivity index (χ0n) is 10.2. The summed E-state index contributed by atoms with van der Waals surface area (Å²) in [4.78, 5) is 2.46. The average Bonchev–Trinajstić information content (AvgIpc) is 2.81. The van der Waals surface area contributed by atoms with Crippen molar-refractivity contribution in [3.63, 3.8) is 0 Å². The van der Waals surface area contributed by atoms with E-state index in [0.29, 0.717) is 12.1 Å². The number of hydrogen-bond acceptors (Lipinski definition) is 3. The summed E-state index contributed by atoms with van der Waals surface area (Å²) in [5.41, 5.74) is 8.37. The molecular weight excluding hydrogens is 210 g/mol. The van der Waals surface area contributed by atoms with Gasteiger partial charge in [-0.1, -0.05) is 0 Å². The summed E-state index contributed by atoms with van der Waals surface area (Å²) in [6, 6.07) is 9.84. The summed E-state index contributed by atoms with van der Waals surface area (Å²) in [5, 5.41) is 3.53. The second-order valence-corrected chi connectivity index (χ2v) is 5.31. The summed E-state index contributed by atoms with van der Waals surface area (Å²) in [6.45, 7) is 2.43. The second-order valence-electron chi connectivity index (χ2n) is 5.31. The third kappa shape index (κ3) is 2.39. The molecule has 0 unspecified atom stereocenters. The molecule has 1 saturated carbocycles. The minimum Gasteiger partial charge on any atom is -0.382 e. The fourth-order valence-corrected chi connectivity index (χ4v) is 2.76. The Morgan fingerprint density at radius 3 is 2.29 bits per heavy atom. The summed E-state index contributed by atoms with van der Waals surface area (Å²) < 4.78 is 0. The Bertz CT molecular complexity index is 362. The van der Waals surface area contributed by atoms with E-state index in [9.17, 15) is 0 Å². The molecule has 92 valence electrons. The van der Waals surface area contributed by atoms with Gasteiger partial charge in [-0.3, -0.25) is 0 Å². The number of benzene rings is 1. The Morgan fingerprint density at radius 1 is 1.06 bits per heavy atom. The van der Waals surface area contributed by atoms with Gasteiger partial charge in [-0.15, -0.1) is 0 Å². The summed E-state index contributed by atoms with van der Waals surface area (Å²) in [6.07, 6.45) is 4.88. The van der Waals surface area contributed by atoms with E-state index in [-0.39, 0.29) is 0 Å². The highest BCUT2D eigenvalue weighted by molar-refractivity contribution is 5.56. The van der Waals surface area contributed by atoms with Crippen LogP contribution < -0.4 is 16.0 Å². The van der Waals surface area contributed by atoms with Crippen molar-refractivity contribution in [3.8, 4) is 0 Å². The van der Waals surface area contributed by atoms with Gasteiger partial charge in [0.15, 0.2) is 0 Å². The van der Waals surface area contributed by atoms with Crippen LogP contribution in [0.25, 0.3) is 0 Å². The van der Waals surface area contributed by atoms with Crippen molar-refractivity contribution in [2.24, 2.45) is 5.73 Å². The third-order valence-electron chi connectivity index (χ3n) is 3.88. The van der Waals surface area contributed by atoms with Gasteiger partial charge < -0.3 is 16.0 Å². The fraction of sp³-hybridized carbons (Fsp3) is 0.571. The molecular formula is C14H21N3. The van der Waals surface area contributed by atoms with Crippen LogP contribution in [0.2, 0.25) is 0 Å². The number of nitrogens with zero attached hydrogens (tertiary/aromatic N) is 1. The van der Waals surface area contributed by atoms with E-state index in [0.717, 1.165) is 12.8 Å². The fourth-order valence-electron chi connectivity index (χ4n) is 2.76. The average molecular weight is 231 g/mol. The molecule has 3 heteroatoms. The van der Waals surface area contributed by atoms with Crippen molar-refractivity contribution in [2.75, 3.05) is 23.3 Å². The molecule has 1 aliphatic carbocycles. The van der Waals surface area contributed by atoms with E-state index in [1.165, 1.54) is 37.3 Å². The van der Waals surface area contributed by atoms with E-state index in [2.05, 4.69) is 34.5 Å². The van der Waals surface area contributed by atoms with E-state index in [4.69, 9.17) is 5.73 Å². The SMILES string of the molecule is NC1CC(Nc2ccc(N3CCCC3)cc2)C1. The predicted octanol–water partition coefficient (Wildman–Crippen LogP) is 2.19. The van der Waals surface area contributed by atoms with Gasteiger partial charge in [0.05, 0.1) is 0 Å². The zero-order chi connectivity index (χ0) is 11.7.